The summed E-state index contributed by atoms with van der Waals surface area (Å²) in [7, 11) is 0. The van der Waals surface area contributed by atoms with Gasteiger partial charge in [-0.2, -0.15) is 18.3 Å². The summed E-state index contributed by atoms with van der Waals surface area (Å²) >= 11 is 0. The monoisotopic (exact) mass is 258 g/mol. The predicted molar refractivity (Wildman–Crippen MR) is 61.3 cm³/mol. The highest BCUT2D eigenvalue weighted by Gasteiger charge is 2.33. The minimum absolute atomic E-state index is 0. The van der Waals surface area contributed by atoms with Gasteiger partial charge in [0, 0.05) is 5.69 Å². The van der Waals surface area contributed by atoms with E-state index in [9.17, 15) is 13.2 Å². The summed E-state index contributed by atoms with van der Waals surface area (Å²) in [6.07, 6.45) is -4.41. The number of nitrogens with one attached hydrogen (secondary N) is 1. The number of halogens is 3. The Kier molecular flexibility index (Phi) is 3.76. The molecule has 0 bridgehead atoms. The van der Waals surface area contributed by atoms with Crippen LogP contribution in [0.4, 0.5) is 13.2 Å². The molecule has 2 rings (SSSR count). The topological polar surface area (TPSA) is 76.6 Å². The number of hydrogen-bond donors (Lipinski definition) is 2. The van der Waals surface area contributed by atoms with Crippen LogP contribution in [-0.4, -0.2) is 15.2 Å². The molecule has 0 unspecified atom stereocenters. The Hall–Kier alpha value is -1.89. The van der Waals surface area contributed by atoms with Crippen LogP contribution < -0.4 is 6.15 Å². The third kappa shape index (κ3) is 2.67. The SMILES string of the molecule is Cc1ccc(-c2cc(C(F)(F)F)[nH]n2)nc1C.N. The van der Waals surface area contributed by atoms with E-state index in [1.54, 1.807) is 19.1 Å². The summed E-state index contributed by atoms with van der Waals surface area (Å²) in [6, 6.07) is 4.41. The first kappa shape index (κ1) is 14.2. The molecule has 0 aromatic carbocycles. The molecule has 4 N–H and O–H groups in total. The van der Waals surface area contributed by atoms with Crippen molar-refractivity contribution in [1.82, 2.24) is 21.3 Å². The maximum Gasteiger partial charge on any atom is 0.432 e. The van der Waals surface area contributed by atoms with Crippen LogP contribution >= 0.6 is 0 Å². The van der Waals surface area contributed by atoms with Gasteiger partial charge in [0.2, 0.25) is 0 Å². The normalized spacial score (nSPS) is 11.2. The molecule has 0 saturated heterocycles. The van der Waals surface area contributed by atoms with Gasteiger partial charge in [-0.15, -0.1) is 0 Å². The van der Waals surface area contributed by atoms with E-state index in [1.807, 2.05) is 12.0 Å². The molecular weight excluding hydrogens is 245 g/mol. The van der Waals surface area contributed by atoms with Crippen molar-refractivity contribution in [2.75, 3.05) is 0 Å². The number of H-pyrrole nitrogens is 1. The Balaban J connectivity index is 0.00000162. The highest BCUT2D eigenvalue weighted by molar-refractivity contribution is 5.55. The van der Waals surface area contributed by atoms with Crippen LogP contribution in [0.15, 0.2) is 18.2 Å². The second kappa shape index (κ2) is 4.77. The third-order valence-corrected chi connectivity index (χ3v) is 2.50. The van der Waals surface area contributed by atoms with Crippen molar-refractivity contribution < 1.29 is 13.2 Å². The van der Waals surface area contributed by atoms with Gasteiger partial charge in [0.1, 0.15) is 11.4 Å². The number of alkyl halides is 3. The molecule has 98 valence electrons. The van der Waals surface area contributed by atoms with Gasteiger partial charge < -0.3 is 6.15 Å². The summed E-state index contributed by atoms with van der Waals surface area (Å²) in [6.45, 7) is 3.69. The maximum absolute atomic E-state index is 12.4. The van der Waals surface area contributed by atoms with Crippen molar-refractivity contribution in [3.63, 3.8) is 0 Å². The molecular formula is C11H13F3N4. The number of nitrogens with zero attached hydrogens (tertiary/aromatic N) is 2. The highest BCUT2D eigenvalue weighted by Crippen LogP contribution is 2.29. The molecule has 0 saturated carbocycles. The molecule has 18 heavy (non-hydrogen) atoms. The fourth-order valence-electron chi connectivity index (χ4n) is 1.37. The Labute approximate surface area is 102 Å². The first-order valence-corrected chi connectivity index (χ1v) is 4.95. The lowest BCUT2D eigenvalue weighted by Gasteiger charge is -2.01. The van der Waals surface area contributed by atoms with Crippen molar-refractivity contribution in [2.45, 2.75) is 20.0 Å². The Morgan fingerprint density at radius 2 is 1.78 bits per heavy atom. The van der Waals surface area contributed by atoms with Gasteiger partial charge in [-0.1, -0.05) is 6.07 Å². The number of aromatic nitrogens is 3. The molecule has 0 aliphatic heterocycles. The number of hydrogen-bond acceptors (Lipinski definition) is 3. The van der Waals surface area contributed by atoms with E-state index in [1.165, 1.54) is 0 Å². The van der Waals surface area contributed by atoms with Gasteiger partial charge in [0.25, 0.3) is 0 Å². The van der Waals surface area contributed by atoms with Crippen molar-refractivity contribution >= 4 is 0 Å². The molecule has 0 atom stereocenters. The molecule has 0 fully saturated rings. The summed E-state index contributed by atoms with van der Waals surface area (Å²) < 4.78 is 37.1. The minimum Gasteiger partial charge on any atom is -0.344 e. The van der Waals surface area contributed by atoms with Crippen LogP contribution in [0.1, 0.15) is 17.0 Å². The van der Waals surface area contributed by atoms with E-state index in [2.05, 4.69) is 10.1 Å². The van der Waals surface area contributed by atoms with Crippen LogP contribution in [0.5, 0.6) is 0 Å². The van der Waals surface area contributed by atoms with Crippen molar-refractivity contribution in [3.8, 4) is 11.4 Å². The minimum atomic E-state index is -4.41. The fourth-order valence-corrected chi connectivity index (χ4v) is 1.37. The van der Waals surface area contributed by atoms with Gasteiger partial charge in [-0.25, -0.2) is 0 Å². The highest BCUT2D eigenvalue weighted by atomic mass is 19.4. The van der Waals surface area contributed by atoms with Crippen molar-refractivity contribution in [3.05, 3.63) is 35.2 Å². The Morgan fingerprint density at radius 3 is 2.28 bits per heavy atom. The zero-order valence-electron chi connectivity index (χ0n) is 9.97. The number of rotatable bonds is 1. The van der Waals surface area contributed by atoms with Crippen molar-refractivity contribution in [1.29, 1.82) is 0 Å². The first-order chi connectivity index (χ1) is 7.88. The molecule has 0 aliphatic rings. The fraction of sp³-hybridized carbons (Fsp3) is 0.273. The van der Waals surface area contributed by atoms with Crippen LogP contribution in [0.2, 0.25) is 0 Å². The quantitative estimate of drug-likeness (QED) is 0.824. The smallest absolute Gasteiger partial charge is 0.344 e. The Morgan fingerprint density at radius 1 is 1.11 bits per heavy atom. The average molecular weight is 258 g/mol. The molecule has 7 heteroatoms. The van der Waals surface area contributed by atoms with Crippen LogP contribution in [-0.2, 0) is 6.18 Å². The molecule has 2 heterocycles. The van der Waals surface area contributed by atoms with E-state index in [0.717, 1.165) is 17.3 Å². The van der Waals surface area contributed by atoms with Gasteiger partial charge in [-0.05, 0) is 31.5 Å². The number of pyridine rings is 1. The lowest BCUT2D eigenvalue weighted by molar-refractivity contribution is -0.141. The molecule has 0 radical (unpaired) electrons. The lowest BCUT2D eigenvalue weighted by atomic mass is 10.2. The number of aromatic amines is 1. The van der Waals surface area contributed by atoms with E-state index in [4.69, 9.17) is 0 Å². The van der Waals surface area contributed by atoms with E-state index >= 15 is 0 Å². The van der Waals surface area contributed by atoms with Gasteiger partial charge >= 0.3 is 6.18 Å². The van der Waals surface area contributed by atoms with Crippen molar-refractivity contribution in [2.24, 2.45) is 0 Å². The molecule has 0 aliphatic carbocycles. The third-order valence-electron chi connectivity index (χ3n) is 2.50. The summed E-state index contributed by atoms with van der Waals surface area (Å²) in [5.74, 6) is 0. The lowest BCUT2D eigenvalue weighted by Crippen LogP contribution is -2.04. The Bertz CT molecular complexity index is 545. The number of aryl methyl sites for hydroxylation is 2. The zero-order chi connectivity index (χ0) is 12.6. The summed E-state index contributed by atoms with van der Waals surface area (Å²) in [5.41, 5.74) is 1.52. The standard InChI is InChI=1S/C11H10F3N3.H3N/c1-6-3-4-8(15-7(6)2)9-5-10(17-16-9)11(12,13)14;/h3-5H,1-2H3,(H,16,17);1H3. The molecule has 0 amide bonds. The van der Waals surface area contributed by atoms with Crippen LogP contribution in [0.25, 0.3) is 11.4 Å². The van der Waals surface area contributed by atoms with Crippen LogP contribution in [0, 0.1) is 13.8 Å². The summed E-state index contributed by atoms with van der Waals surface area (Å²) in [5, 5.41) is 5.58. The predicted octanol–water partition coefficient (Wildman–Crippen LogP) is 3.27. The van der Waals surface area contributed by atoms with E-state index < -0.39 is 11.9 Å². The molecule has 2 aromatic heterocycles. The zero-order valence-corrected chi connectivity index (χ0v) is 9.97. The first-order valence-electron chi connectivity index (χ1n) is 4.95. The second-order valence-corrected chi connectivity index (χ2v) is 3.76. The van der Waals surface area contributed by atoms with Gasteiger partial charge in [0.15, 0.2) is 0 Å². The maximum atomic E-state index is 12.4. The van der Waals surface area contributed by atoms with E-state index in [-0.39, 0.29) is 11.8 Å². The average Bonchev–Trinajstić information content (AvgIpc) is 2.70. The molecule has 4 nitrogen and oxygen atoms in total. The van der Waals surface area contributed by atoms with E-state index in [0.29, 0.717) is 5.69 Å². The van der Waals surface area contributed by atoms with Crippen LogP contribution in [0.3, 0.4) is 0 Å². The second-order valence-electron chi connectivity index (χ2n) is 3.76. The largest absolute Gasteiger partial charge is 0.432 e. The van der Waals surface area contributed by atoms with Gasteiger partial charge in [-0.3, -0.25) is 10.1 Å². The molecule has 2 aromatic rings. The summed E-state index contributed by atoms with van der Waals surface area (Å²) in [4.78, 5) is 4.19. The molecule has 0 spiro atoms. The van der Waals surface area contributed by atoms with Gasteiger partial charge in [0.05, 0.1) is 5.69 Å².